The molecule has 6 heteroatoms. The van der Waals surface area contributed by atoms with Crippen LogP contribution in [0.25, 0.3) is 0 Å². The first kappa shape index (κ1) is 18.2. The normalized spacial score (nSPS) is 13.6. The van der Waals surface area contributed by atoms with E-state index in [0.29, 0.717) is 17.1 Å². The van der Waals surface area contributed by atoms with Gasteiger partial charge >= 0.3 is 0 Å². The highest BCUT2D eigenvalue weighted by molar-refractivity contribution is 7.89. The third-order valence-electron chi connectivity index (χ3n) is 3.62. The third kappa shape index (κ3) is 4.56. The SMILES string of the molecule is CCCCC(CCC)NS(=O)(=O)c1c(C)oc(C)c1CO. The summed E-state index contributed by atoms with van der Waals surface area (Å²) in [6.07, 6.45) is 4.59. The lowest BCUT2D eigenvalue weighted by atomic mass is 10.1. The molecule has 122 valence electrons. The number of aryl methyl sites for hydroxylation is 2. The molecular weight excluding hydrogens is 290 g/mol. The molecule has 0 radical (unpaired) electrons. The van der Waals surface area contributed by atoms with Gasteiger partial charge in [0.1, 0.15) is 16.4 Å². The molecule has 0 amide bonds. The van der Waals surface area contributed by atoms with Crippen LogP contribution in [0.3, 0.4) is 0 Å². The van der Waals surface area contributed by atoms with Gasteiger partial charge in [0.05, 0.1) is 6.61 Å². The van der Waals surface area contributed by atoms with Gasteiger partial charge in [-0.3, -0.25) is 0 Å². The minimum atomic E-state index is -3.67. The molecule has 1 aromatic rings. The fraction of sp³-hybridized carbons (Fsp3) is 0.733. The second-order valence-corrected chi connectivity index (χ2v) is 7.08. The monoisotopic (exact) mass is 317 g/mol. The summed E-state index contributed by atoms with van der Waals surface area (Å²) in [5, 5.41) is 9.40. The summed E-state index contributed by atoms with van der Waals surface area (Å²) in [7, 11) is -3.67. The summed E-state index contributed by atoms with van der Waals surface area (Å²) < 4.78 is 33.4. The Balaban J connectivity index is 3.04. The number of rotatable bonds is 9. The molecule has 1 aromatic heterocycles. The van der Waals surface area contributed by atoms with Crippen LogP contribution in [0.2, 0.25) is 0 Å². The van der Waals surface area contributed by atoms with Crippen molar-refractivity contribution in [3.63, 3.8) is 0 Å². The average molecular weight is 317 g/mol. The lowest BCUT2D eigenvalue weighted by Gasteiger charge is -2.18. The second kappa shape index (κ2) is 7.96. The molecule has 0 aliphatic carbocycles. The van der Waals surface area contributed by atoms with E-state index in [-0.39, 0.29) is 17.5 Å². The van der Waals surface area contributed by atoms with Crippen LogP contribution in [0.4, 0.5) is 0 Å². The molecule has 0 spiro atoms. The van der Waals surface area contributed by atoms with Crippen LogP contribution >= 0.6 is 0 Å². The number of nitrogens with one attached hydrogen (secondary N) is 1. The van der Waals surface area contributed by atoms with Gasteiger partial charge in [-0.2, -0.15) is 0 Å². The van der Waals surface area contributed by atoms with Crippen molar-refractivity contribution >= 4 is 10.0 Å². The zero-order chi connectivity index (χ0) is 16.0. The fourth-order valence-corrected chi connectivity index (χ4v) is 4.33. The molecule has 0 aliphatic rings. The van der Waals surface area contributed by atoms with Crippen LogP contribution in [-0.2, 0) is 16.6 Å². The molecule has 1 unspecified atom stereocenters. The molecule has 0 fully saturated rings. The predicted molar refractivity (Wildman–Crippen MR) is 82.6 cm³/mol. The van der Waals surface area contributed by atoms with E-state index in [1.807, 2.05) is 6.92 Å². The van der Waals surface area contributed by atoms with Gasteiger partial charge in [-0.05, 0) is 26.7 Å². The van der Waals surface area contributed by atoms with E-state index in [9.17, 15) is 13.5 Å². The first-order valence-electron chi connectivity index (χ1n) is 7.59. The Kier molecular flexibility index (Phi) is 6.90. The summed E-state index contributed by atoms with van der Waals surface area (Å²) in [6, 6.07) is -0.0684. The highest BCUT2D eigenvalue weighted by atomic mass is 32.2. The van der Waals surface area contributed by atoms with Gasteiger partial charge in [0.15, 0.2) is 0 Å². The molecule has 1 rings (SSSR count). The van der Waals surface area contributed by atoms with Gasteiger partial charge in [-0.25, -0.2) is 13.1 Å². The smallest absolute Gasteiger partial charge is 0.244 e. The minimum Gasteiger partial charge on any atom is -0.465 e. The average Bonchev–Trinajstić information content (AvgIpc) is 2.70. The van der Waals surface area contributed by atoms with Crippen LogP contribution in [0.1, 0.15) is 63.0 Å². The van der Waals surface area contributed by atoms with Gasteiger partial charge in [-0.1, -0.05) is 33.1 Å². The highest BCUT2D eigenvalue weighted by Gasteiger charge is 2.28. The van der Waals surface area contributed by atoms with Gasteiger partial charge in [-0.15, -0.1) is 0 Å². The summed E-state index contributed by atoms with van der Waals surface area (Å²) in [5.74, 6) is 0.783. The summed E-state index contributed by atoms with van der Waals surface area (Å²) in [4.78, 5) is 0.0973. The minimum absolute atomic E-state index is 0.0684. The Morgan fingerprint density at radius 2 is 1.81 bits per heavy atom. The van der Waals surface area contributed by atoms with Gasteiger partial charge < -0.3 is 9.52 Å². The lowest BCUT2D eigenvalue weighted by molar-refractivity contribution is 0.276. The largest absolute Gasteiger partial charge is 0.465 e. The van der Waals surface area contributed by atoms with E-state index in [4.69, 9.17) is 4.42 Å². The van der Waals surface area contributed by atoms with Crippen molar-refractivity contribution in [3.05, 3.63) is 17.1 Å². The molecule has 0 aromatic carbocycles. The van der Waals surface area contributed by atoms with E-state index >= 15 is 0 Å². The first-order chi connectivity index (χ1) is 9.87. The molecule has 1 atom stereocenters. The van der Waals surface area contributed by atoms with Crippen molar-refractivity contribution in [2.75, 3.05) is 0 Å². The zero-order valence-corrected chi connectivity index (χ0v) is 14.2. The number of aliphatic hydroxyl groups is 1. The number of unbranched alkanes of at least 4 members (excludes halogenated alkanes) is 1. The number of aliphatic hydroxyl groups excluding tert-OH is 1. The van der Waals surface area contributed by atoms with Crippen molar-refractivity contribution in [1.29, 1.82) is 0 Å². The topological polar surface area (TPSA) is 79.5 Å². The zero-order valence-electron chi connectivity index (χ0n) is 13.4. The lowest BCUT2D eigenvalue weighted by Crippen LogP contribution is -2.35. The fourth-order valence-electron chi connectivity index (χ4n) is 2.58. The Labute approximate surface area is 127 Å². The van der Waals surface area contributed by atoms with Crippen molar-refractivity contribution < 1.29 is 17.9 Å². The Bertz CT molecular complexity index is 548. The highest BCUT2D eigenvalue weighted by Crippen LogP contribution is 2.27. The molecule has 0 saturated carbocycles. The quantitative estimate of drug-likeness (QED) is 0.733. The van der Waals surface area contributed by atoms with Crippen LogP contribution in [0.5, 0.6) is 0 Å². The van der Waals surface area contributed by atoms with E-state index in [0.717, 1.165) is 32.1 Å². The molecule has 0 aliphatic heterocycles. The van der Waals surface area contributed by atoms with Crippen molar-refractivity contribution in [3.8, 4) is 0 Å². The first-order valence-corrected chi connectivity index (χ1v) is 9.07. The molecule has 5 nitrogen and oxygen atoms in total. The van der Waals surface area contributed by atoms with E-state index in [1.165, 1.54) is 0 Å². The van der Waals surface area contributed by atoms with Crippen LogP contribution in [-0.4, -0.2) is 19.6 Å². The Hall–Kier alpha value is -0.850. The summed E-state index contributed by atoms with van der Waals surface area (Å²) in [5.41, 5.74) is 0.353. The molecule has 1 heterocycles. The Morgan fingerprint density at radius 1 is 1.14 bits per heavy atom. The van der Waals surface area contributed by atoms with Crippen LogP contribution < -0.4 is 4.72 Å². The standard InChI is InChI=1S/C15H27NO4S/c1-5-7-9-13(8-6-2)16-21(18,19)15-12(4)20-11(3)14(15)10-17/h13,16-17H,5-10H2,1-4H3. The number of hydrogen-bond acceptors (Lipinski definition) is 4. The maximum Gasteiger partial charge on any atom is 0.244 e. The molecule has 0 bridgehead atoms. The van der Waals surface area contributed by atoms with Crippen LogP contribution in [0.15, 0.2) is 9.31 Å². The van der Waals surface area contributed by atoms with Gasteiger partial charge in [0.2, 0.25) is 10.0 Å². The number of hydrogen-bond donors (Lipinski definition) is 2. The summed E-state index contributed by atoms with van der Waals surface area (Å²) >= 11 is 0. The van der Waals surface area contributed by atoms with Crippen molar-refractivity contribution in [1.82, 2.24) is 4.72 Å². The third-order valence-corrected chi connectivity index (χ3v) is 5.33. The maximum atomic E-state index is 12.6. The van der Waals surface area contributed by atoms with E-state index in [2.05, 4.69) is 11.6 Å². The molecule has 0 saturated heterocycles. The van der Waals surface area contributed by atoms with E-state index in [1.54, 1.807) is 13.8 Å². The number of sulfonamides is 1. The van der Waals surface area contributed by atoms with Gasteiger partial charge in [0, 0.05) is 11.6 Å². The van der Waals surface area contributed by atoms with Crippen LogP contribution in [0, 0.1) is 13.8 Å². The van der Waals surface area contributed by atoms with Gasteiger partial charge in [0.25, 0.3) is 0 Å². The Morgan fingerprint density at radius 3 is 2.33 bits per heavy atom. The molecule has 2 N–H and O–H groups in total. The van der Waals surface area contributed by atoms with Crippen molar-refractivity contribution in [2.24, 2.45) is 0 Å². The predicted octanol–water partition coefficient (Wildman–Crippen LogP) is 3.03. The van der Waals surface area contributed by atoms with E-state index < -0.39 is 10.0 Å². The second-order valence-electron chi connectivity index (χ2n) is 5.43. The maximum absolute atomic E-state index is 12.6. The molecular formula is C15H27NO4S. The summed E-state index contributed by atoms with van der Waals surface area (Å²) in [6.45, 7) is 7.07. The van der Waals surface area contributed by atoms with Crippen molar-refractivity contribution in [2.45, 2.75) is 77.3 Å². The molecule has 21 heavy (non-hydrogen) atoms. The number of furan rings is 1.